The van der Waals surface area contributed by atoms with Crippen LogP contribution in [0.1, 0.15) is 19.8 Å². The monoisotopic (exact) mass is 235 g/mol. The van der Waals surface area contributed by atoms with E-state index >= 15 is 0 Å². The topological polar surface area (TPSA) is 32.5 Å². The van der Waals surface area contributed by atoms with Gasteiger partial charge in [0.1, 0.15) is 0 Å². The van der Waals surface area contributed by atoms with Crippen LogP contribution < -0.4 is 5.73 Å². The van der Waals surface area contributed by atoms with Crippen LogP contribution in [0.5, 0.6) is 0 Å². The van der Waals surface area contributed by atoms with Crippen molar-refractivity contribution >= 4 is 17.0 Å². The molecule has 0 saturated carbocycles. The third kappa shape index (κ3) is 3.03. The maximum atomic E-state index is 5.90. The second-order valence-electron chi connectivity index (χ2n) is 3.07. The molecule has 2 N–H and O–H groups in total. The Balaban J connectivity index is 0.00000121. The maximum Gasteiger partial charge on any atom is 0.0905 e. The van der Waals surface area contributed by atoms with Crippen molar-refractivity contribution < 1.29 is 0 Å². The smallest absolute Gasteiger partial charge is 0.0905 e. The molecule has 1 atom stereocenters. The average Bonchev–Trinajstić information content (AvgIpc) is 2.36. The minimum Gasteiger partial charge on any atom is -0.362 e. The van der Waals surface area contributed by atoms with E-state index in [0.29, 0.717) is 0 Å². The fourth-order valence-corrected chi connectivity index (χ4v) is 1.23. The molecule has 0 aromatic carbocycles. The van der Waals surface area contributed by atoms with Crippen LogP contribution in [0, 0.1) is 0 Å². The van der Waals surface area contributed by atoms with Gasteiger partial charge in [0.05, 0.1) is 12.8 Å². The Morgan fingerprint density at radius 2 is 2.17 bits per heavy atom. The van der Waals surface area contributed by atoms with E-state index in [1.165, 1.54) is 0 Å². The van der Waals surface area contributed by atoms with Crippen LogP contribution in [0.4, 0.5) is 0 Å². The number of rotatable bonds is 3. The molecule has 0 fully saturated rings. The van der Waals surface area contributed by atoms with Crippen LogP contribution in [0.25, 0.3) is 0 Å². The van der Waals surface area contributed by atoms with Gasteiger partial charge in [-0.1, -0.05) is 13.3 Å². The molecule has 4 heteroatoms. The number of nitrogens with two attached hydrogens (primary N) is 1. The van der Waals surface area contributed by atoms with Crippen molar-refractivity contribution in [3.63, 3.8) is 0 Å². The standard InChI is InChI=1S/C8H17N3.BrH/c1-3-4-8(9)11-6-5-10(2)7-11;/h5-6,8H,3-4,7,9H2,1-2H3;1H. The quantitative estimate of drug-likeness (QED) is 0.802. The Morgan fingerprint density at radius 3 is 2.58 bits per heavy atom. The van der Waals surface area contributed by atoms with Gasteiger partial charge in [-0.15, -0.1) is 17.0 Å². The predicted molar refractivity (Wildman–Crippen MR) is 56.8 cm³/mol. The normalized spacial score (nSPS) is 17.9. The Morgan fingerprint density at radius 1 is 1.50 bits per heavy atom. The lowest BCUT2D eigenvalue weighted by Gasteiger charge is -2.24. The highest BCUT2D eigenvalue weighted by Crippen LogP contribution is 2.08. The van der Waals surface area contributed by atoms with Crippen LogP contribution in [0.2, 0.25) is 0 Å². The first kappa shape index (κ1) is 11.8. The molecule has 72 valence electrons. The number of hydrogen-bond donors (Lipinski definition) is 1. The molecule has 0 spiro atoms. The summed E-state index contributed by atoms with van der Waals surface area (Å²) < 4.78 is 0. The zero-order chi connectivity index (χ0) is 8.27. The summed E-state index contributed by atoms with van der Waals surface area (Å²) in [5, 5.41) is 0. The molecule has 1 unspecified atom stereocenters. The molecule has 0 bridgehead atoms. The molecule has 1 heterocycles. The third-order valence-electron chi connectivity index (χ3n) is 1.91. The van der Waals surface area contributed by atoms with E-state index in [1.807, 2.05) is 0 Å². The minimum absolute atomic E-state index is 0. The van der Waals surface area contributed by atoms with Crippen LogP contribution >= 0.6 is 17.0 Å². The third-order valence-corrected chi connectivity index (χ3v) is 1.91. The van der Waals surface area contributed by atoms with E-state index in [9.17, 15) is 0 Å². The van der Waals surface area contributed by atoms with Crippen molar-refractivity contribution in [2.45, 2.75) is 25.9 Å². The molecule has 0 amide bonds. The molecule has 0 aromatic heterocycles. The molecular weight excluding hydrogens is 218 g/mol. The van der Waals surface area contributed by atoms with Gasteiger partial charge in [0.25, 0.3) is 0 Å². The Kier molecular flexibility index (Phi) is 5.33. The van der Waals surface area contributed by atoms with Crippen LogP contribution in [0.15, 0.2) is 12.4 Å². The zero-order valence-electron chi connectivity index (χ0n) is 7.73. The first-order valence-electron chi connectivity index (χ1n) is 4.14. The van der Waals surface area contributed by atoms with E-state index in [4.69, 9.17) is 5.73 Å². The molecule has 3 nitrogen and oxygen atoms in total. The first-order valence-corrected chi connectivity index (χ1v) is 4.14. The summed E-state index contributed by atoms with van der Waals surface area (Å²) in [5.74, 6) is 0. The van der Waals surface area contributed by atoms with Gasteiger partial charge in [-0.2, -0.15) is 0 Å². The van der Waals surface area contributed by atoms with Gasteiger partial charge in [0.2, 0.25) is 0 Å². The SMILES string of the molecule is Br.CCCC(N)N1C=CN(C)C1. The van der Waals surface area contributed by atoms with E-state index in [1.54, 1.807) is 0 Å². The molecular formula is C8H18BrN3. The fourth-order valence-electron chi connectivity index (χ4n) is 1.23. The molecule has 0 aromatic rings. The second-order valence-corrected chi connectivity index (χ2v) is 3.07. The molecule has 1 aliphatic rings. The number of hydrogen-bond acceptors (Lipinski definition) is 3. The molecule has 0 saturated heterocycles. The molecule has 0 radical (unpaired) electrons. The molecule has 1 rings (SSSR count). The van der Waals surface area contributed by atoms with Crippen LogP contribution in [-0.2, 0) is 0 Å². The molecule has 1 aliphatic heterocycles. The minimum atomic E-state index is 0. The summed E-state index contributed by atoms with van der Waals surface area (Å²) in [7, 11) is 2.05. The van der Waals surface area contributed by atoms with Gasteiger partial charge < -0.3 is 15.5 Å². The van der Waals surface area contributed by atoms with Crippen molar-refractivity contribution in [1.29, 1.82) is 0 Å². The van der Waals surface area contributed by atoms with Crippen molar-refractivity contribution in [3.8, 4) is 0 Å². The van der Waals surface area contributed by atoms with E-state index in [-0.39, 0.29) is 23.1 Å². The Bertz CT molecular complexity index is 149. The van der Waals surface area contributed by atoms with Gasteiger partial charge in [-0.3, -0.25) is 0 Å². The first-order chi connectivity index (χ1) is 5.24. The van der Waals surface area contributed by atoms with Crippen molar-refractivity contribution in [1.82, 2.24) is 9.80 Å². The number of nitrogens with zero attached hydrogens (tertiary/aromatic N) is 2. The number of halogens is 1. The summed E-state index contributed by atoms with van der Waals surface area (Å²) in [4.78, 5) is 4.28. The van der Waals surface area contributed by atoms with Gasteiger partial charge in [0.15, 0.2) is 0 Å². The Labute approximate surface area is 85.0 Å². The zero-order valence-corrected chi connectivity index (χ0v) is 9.45. The van der Waals surface area contributed by atoms with Gasteiger partial charge in [-0.25, -0.2) is 0 Å². The summed E-state index contributed by atoms with van der Waals surface area (Å²) in [6.45, 7) is 3.09. The lowest BCUT2D eigenvalue weighted by atomic mass is 10.3. The highest BCUT2D eigenvalue weighted by Gasteiger charge is 2.13. The summed E-state index contributed by atoms with van der Waals surface area (Å²) in [6.07, 6.45) is 6.52. The van der Waals surface area contributed by atoms with Crippen molar-refractivity contribution in [2.75, 3.05) is 13.7 Å². The van der Waals surface area contributed by atoms with E-state index in [0.717, 1.165) is 19.5 Å². The van der Waals surface area contributed by atoms with Gasteiger partial charge in [-0.05, 0) is 6.42 Å². The Hall–Kier alpha value is -0.220. The van der Waals surface area contributed by atoms with E-state index < -0.39 is 0 Å². The van der Waals surface area contributed by atoms with Gasteiger partial charge in [0, 0.05) is 19.4 Å². The summed E-state index contributed by atoms with van der Waals surface area (Å²) >= 11 is 0. The predicted octanol–water partition coefficient (Wildman–Crippen LogP) is 1.33. The molecule has 12 heavy (non-hydrogen) atoms. The van der Waals surface area contributed by atoms with Crippen LogP contribution in [0.3, 0.4) is 0 Å². The van der Waals surface area contributed by atoms with E-state index in [2.05, 4.69) is 36.2 Å². The average molecular weight is 236 g/mol. The van der Waals surface area contributed by atoms with Crippen molar-refractivity contribution in [2.24, 2.45) is 5.73 Å². The largest absolute Gasteiger partial charge is 0.362 e. The summed E-state index contributed by atoms with van der Waals surface area (Å²) in [6, 6.07) is 0. The van der Waals surface area contributed by atoms with Crippen molar-refractivity contribution in [3.05, 3.63) is 12.4 Å². The van der Waals surface area contributed by atoms with Crippen LogP contribution in [-0.4, -0.2) is 29.7 Å². The van der Waals surface area contributed by atoms with Gasteiger partial charge >= 0.3 is 0 Å². The lowest BCUT2D eigenvalue weighted by molar-refractivity contribution is 0.223. The summed E-state index contributed by atoms with van der Waals surface area (Å²) in [5.41, 5.74) is 5.90. The fraction of sp³-hybridized carbons (Fsp3) is 0.750. The molecule has 0 aliphatic carbocycles. The second kappa shape index (κ2) is 5.43. The highest BCUT2D eigenvalue weighted by atomic mass is 79.9. The highest BCUT2D eigenvalue weighted by molar-refractivity contribution is 8.93. The maximum absolute atomic E-state index is 5.90. The lowest BCUT2D eigenvalue weighted by Crippen LogP contribution is -2.39.